The van der Waals surface area contributed by atoms with Crippen molar-refractivity contribution < 1.29 is 26.2 Å². The predicted molar refractivity (Wildman–Crippen MR) is 113 cm³/mol. The molecule has 31 heavy (non-hydrogen) atoms. The predicted octanol–water partition coefficient (Wildman–Crippen LogP) is 4.57. The van der Waals surface area contributed by atoms with Crippen LogP contribution in [-0.4, -0.2) is 25.9 Å². The molecule has 7 nitrogen and oxygen atoms in total. The molecule has 0 unspecified atom stereocenters. The van der Waals surface area contributed by atoms with Gasteiger partial charge in [0.05, 0.1) is 19.4 Å². The maximum absolute atomic E-state index is 13.1. The van der Waals surface area contributed by atoms with Gasteiger partial charge in [-0.25, -0.2) is 9.18 Å². The maximum atomic E-state index is 13.1. The highest BCUT2D eigenvalue weighted by molar-refractivity contribution is 7.87. The van der Waals surface area contributed by atoms with Gasteiger partial charge in [0.15, 0.2) is 0 Å². The number of carbonyl (C=O) groups is 1. The molecule has 1 aromatic heterocycles. The van der Waals surface area contributed by atoms with E-state index in [1.54, 1.807) is 19.1 Å². The van der Waals surface area contributed by atoms with E-state index in [0.29, 0.717) is 22.9 Å². The van der Waals surface area contributed by atoms with Crippen LogP contribution in [0.4, 0.5) is 9.18 Å². The van der Waals surface area contributed by atoms with Crippen LogP contribution >= 0.6 is 11.6 Å². The van der Waals surface area contributed by atoms with Crippen molar-refractivity contribution in [2.45, 2.75) is 24.9 Å². The lowest BCUT2D eigenvalue weighted by atomic mass is 10.2. The van der Waals surface area contributed by atoms with Gasteiger partial charge in [-0.05, 0) is 61.5 Å². The molecule has 1 N–H and O–H groups in total. The number of benzene rings is 2. The Kier molecular flexibility index (Phi) is 7.19. The molecule has 0 saturated heterocycles. The molecule has 3 aromatic rings. The van der Waals surface area contributed by atoms with Crippen molar-refractivity contribution in [1.82, 2.24) is 10.2 Å². The van der Waals surface area contributed by atoms with Gasteiger partial charge in [0.25, 0.3) is 0 Å². The summed E-state index contributed by atoms with van der Waals surface area (Å²) in [5.74, 6) is -0.0150. The Hall–Kier alpha value is -3.04. The van der Waals surface area contributed by atoms with E-state index in [0.717, 1.165) is 24.3 Å². The summed E-state index contributed by atoms with van der Waals surface area (Å²) in [4.78, 5) is 13.8. The van der Waals surface area contributed by atoms with Crippen LogP contribution in [0.1, 0.15) is 18.2 Å². The van der Waals surface area contributed by atoms with E-state index in [4.69, 9.17) is 20.2 Å². The second kappa shape index (κ2) is 9.84. The molecule has 0 bridgehead atoms. The summed E-state index contributed by atoms with van der Waals surface area (Å²) >= 11 is 6.11. The van der Waals surface area contributed by atoms with Crippen molar-refractivity contribution in [2.24, 2.45) is 0 Å². The largest absolute Gasteiger partial charge is 0.467 e. The fourth-order valence-electron chi connectivity index (χ4n) is 2.78. The molecule has 164 valence electrons. The zero-order valence-electron chi connectivity index (χ0n) is 16.5. The van der Waals surface area contributed by atoms with E-state index in [1.807, 2.05) is 0 Å². The van der Waals surface area contributed by atoms with Crippen molar-refractivity contribution in [3.8, 4) is 5.75 Å². The van der Waals surface area contributed by atoms with E-state index in [2.05, 4.69) is 5.32 Å². The summed E-state index contributed by atoms with van der Waals surface area (Å²) in [5, 5.41) is 3.05. The average Bonchev–Trinajstić information content (AvgIpc) is 3.23. The third-order valence-corrected chi connectivity index (χ3v) is 5.71. The van der Waals surface area contributed by atoms with Crippen molar-refractivity contribution in [2.75, 3.05) is 6.54 Å². The van der Waals surface area contributed by atoms with Crippen LogP contribution in [0, 0.1) is 5.82 Å². The van der Waals surface area contributed by atoms with Gasteiger partial charge in [-0.2, -0.15) is 8.42 Å². The third-order valence-electron chi connectivity index (χ3n) is 4.23. The molecule has 0 aliphatic rings. The van der Waals surface area contributed by atoms with Gasteiger partial charge >= 0.3 is 16.1 Å². The van der Waals surface area contributed by atoms with E-state index >= 15 is 0 Å². The molecular formula is C21H20ClFN2O5S. The summed E-state index contributed by atoms with van der Waals surface area (Å²) < 4.78 is 49.1. The van der Waals surface area contributed by atoms with Crippen LogP contribution in [0.25, 0.3) is 0 Å². The highest BCUT2D eigenvalue weighted by atomic mass is 35.5. The minimum Gasteiger partial charge on any atom is -0.467 e. The minimum atomic E-state index is -4.23. The minimum absolute atomic E-state index is 0.00135. The molecule has 2 amide bonds. The fraction of sp³-hybridized carbons (Fsp3) is 0.190. The number of urea groups is 1. The molecule has 0 radical (unpaired) electrons. The molecule has 0 aliphatic carbocycles. The van der Waals surface area contributed by atoms with Gasteiger partial charge < -0.3 is 18.8 Å². The van der Waals surface area contributed by atoms with Gasteiger partial charge in [0.1, 0.15) is 22.2 Å². The number of nitrogens with one attached hydrogen (secondary N) is 1. The SMILES string of the molecule is CCNC(=O)N(Cc1ccco1)Cc1cc(Cl)ccc1OS(=O)(=O)c1ccc(F)cc1. The van der Waals surface area contributed by atoms with Crippen LogP contribution in [0.2, 0.25) is 5.02 Å². The Morgan fingerprint density at radius 2 is 1.90 bits per heavy atom. The maximum Gasteiger partial charge on any atom is 0.339 e. The molecule has 0 atom stereocenters. The normalized spacial score (nSPS) is 11.2. The first-order valence-corrected chi connectivity index (χ1v) is 11.1. The quantitative estimate of drug-likeness (QED) is 0.491. The van der Waals surface area contributed by atoms with Gasteiger partial charge in [-0.3, -0.25) is 0 Å². The van der Waals surface area contributed by atoms with Crippen molar-refractivity contribution in [3.05, 3.63) is 83.0 Å². The third kappa shape index (κ3) is 5.99. The lowest BCUT2D eigenvalue weighted by Crippen LogP contribution is -2.39. The number of amides is 2. The summed E-state index contributed by atoms with van der Waals surface area (Å²) in [5.41, 5.74) is 0.371. The monoisotopic (exact) mass is 466 g/mol. The van der Waals surface area contributed by atoms with Crippen molar-refractivity contribution in [1.29, 1.82) is 0 Å². The topological polar surface area (TPSA) is 88.8 Å². The van der Waals surface area contributed by atoms with E-state index in [-0.39, 0.29) is 29.8 Å². The van der Waals surface area contributed by atoms with Crippen molar-refractivity contribution >= 4 is 27.8 Å². The van der Waals surface area contributed by atoms with E-state index in [9.17, 15) is 17.6 Å². The van der Waals surface area contributed by atoms with E-state index < -0.39 is 15.9 Å². The Morgan fingerprint density at radius 3 is 2.55 bits per heavy atom. The average molecular weight is 467 g/mol. The number of hydrogen-bond acceptors (Lipinski definition) is 5. The molecule has 0 spiro atoms. The molecule has 1 heterocycles. The van der Waals surface area contributed by atoms with E-state index in [1.165, 1.54) is 29.4 Å². The summed E-state index contributed by atoms with van der Waals surface area (Å²) in [6, 6.07) is 11.7. The summed E-state index contributed by atoms with van der Waals surface area (Å²) in [6.45, 7) is 2.34. The Morgan fingerprint density at radius 1 is 1.16 bits per heavy atom. The van der Waals surface area contributed by atoms with Crippen molar-refractivity contribution in [3.63, 3.8) is 0 Å². The number of nitrogens with zero attached hydrogens (tertiary/aromatic N) is 1. The zero-order chi connectivity index (χ0) is 22.4. The van der Waals surface area contributed by atoms with Crippen LogP contribution in [0.15, 0.2) is 70.2 Å². The second-order valence-corrected chi connectivity index (χ2v) is 8.50. The van der Waals surface area contributed by atoms with Crippen LogP contribution in [-0.2, 0) is 23.2 Å². The lowest BCUT2D eigenvalue weighted by molar-refractivity contribution is 0.187. The number of carbonyl (C=O) groups excluding carboxylic acids is 1. The molecule has 0 aliphatic heterocycles. The smallest absolute Gasteiger partial charge is 0.339 e. The van der Waals surface area contributed by atoms with Gasteiger partial charge in [0.2, 0.25) is 0 Å². The van der Waals surface area contributed by atoms with Crippen LogP contribution < -0.4 is 9.50 Å². The molecular weight excluding hydrogens is 447 g/mol. The van der Waals surface area contributed by atoms with Crippen LogP contribution in [0.5, 0.6) is 5.75 Å². The number of rotatable bonds is 8. The van der Waals surface area contributed by atoms with Gasteiger partial charge in [-0.1, -0.05) is 11.6 Å². The first-order valence-electron chi connectivity index (χ1n) is 9.32. The standard InChI is InChI=1S/C21H20ClFN2O5S/c1-2-24-21(26)25(14-18-4-3-11-29-18)13-15-12-16(22)5-10-20(15)30-31(27,28)19-8-6-17(23)7-9-19/h3-12H,2,13-14H2,1H3,(H,24,26). The highest BCUT2D eigenvalue weighted by Crippen LogP contribution is 2.28. The van der Waals surface area contributed by atoms with Gasteiger partial charge in [0, 0.05) is 17.1 Å². The first kappa shape index (κ1) is 22.6. The molecule has 0 fully saturated rings. The number of halogens is 2. The summed E-state index contributed by atoms with van der Waals surface area (Å²) in [7, 11) is -4.23. The first-order chi connectivity index (χ1) is 14.8. The number of furan rings is 1. The Bertz CT molecular complexity index is 1140. The summed E-state index contributed by atoms with van der Waals surface area (Å²) in [6.07, 6.45) is 1.49. The molecule has 3 rings (SSSR count). The fourth-order valence-corrected chi connectivity index (χ4v) is 3.94. The van der Waals surface area contributed by atoms with Gasteiger partial charge in [-0.15, -0.1) is 0 Å². The zero-order valence-corrected chi connectivity index (χ0v) is 18.1. The number of hydrogen-bond donors (Lipinski definition) is 1. The lowest BCUT2D eigenvalue weighted by Gasteiger charge is -2.23. The second-order valence-electron chi connectivity index (χ2n) is 6.51. The van der Waals surface area contributed by atoms with Crippen LogP contribution in [0.3, 0.4) is 0 Å². The highest BCUT2D eigenvalue weighted by Gasteiger charge is 2.22. The molecule has 10 heteroatoms. The Balaban J connectivity index is 1.90. The molecule has 2 aromatic carbocycles. The molecule has 0 saturated carbocycles. The Labute approximate surface area is 184 Å².